The molecule has 1 atom stereocenters. The standard InChI is InChI=1S/C22H28N4O3/c27-16-26(14-18-9-5-2-6-10-18)20(11-19-13-23-15-25-19)21(28)22(29)24-12-17-7-3-1-4-8-17/h2,5-6,9-10,13,15-17,20H,1,3-4,7-8,11-12,14H2,(H,23,25)(H,24,29)/t20-/m0/s1. The van der Waals surface area contributed by atoms with E-state index in [2.05, 4.69) is 15.3 Å². The van der Waals surface area contributed by atoms with Gasteiger partial charge in [0.15, 0.2) is 0 Å². The Kier molecular flexibility index (Phi) is 7.55. The average molecular weight is 396 g/mol. The number of hydrogen-bond donors (Lipinski definition) is 2. The van der Waals surface area contributed by atoms with Crippen LogP contribution in [-0.2, 0) is 27.3 Å². The summed E-state index contributed by atoms with van der Waals surface area (Å²) in [6.45, 7) is 0.770. The van der Waals surface area contributed by atoms with Crippen molar-refractivity contribution in [1.82, 2.24) is 20.2 Å². The fourth-order valence-electron chi connectivity index (χ4n) is 3.85. The van der Waals surface area contributed by atoms with Crippen molar-refractivity contribution in [1.29, 1.82) is 0 Å². The molecule has 1 saturated carbocycles. The lowest BCUT2D eigenvalue weighted by Gasteiger charge is -2.27. The van der Waals surface area contributed by atoms with Gasteiger partial charge in [0, 0.05) is 31.4 Å². The highest BCUT2D eigenvalue weighted by atomic mass is 16.2. The SMILES string of the molecule is O=CN(Cc1ccccc1)[C@@H](Cc1cnc[nH]1)C(=O)C(=O)NCC1CCCCC1. The van der Waals surface area contributed by atoms with Crippen LogP contribution < -0.4 is 5.32 Å². The zero-order valence-corrected chi connectivity index (χ0v) is 16.5. The van der Waals surface area contributed by atoms with E-state index >= 15 is 0 Å². The number of nitrogens with one attached hydrogen (secondary N) is 2. The molecule has 1 aromatic carbocycles. The van der Waals surface area contributed by atoms with Crippen molar-refractivity contribution < 1.29 is 14.4 Å². The van der Waals surface area contributed by atoms with Gasteiger partial charge in [-0.1, -0.05) is 49.6 Å². The number of H-pyrrole nitrogens is 1. The van der Waals surface area contributed by atoms with E-state index < -0.39 is 17.7 Å². The average Bonchev–Trinajstić information content (AvgIpc) is 3.28. The predicted molar refractivity (Wildman–Crippen MR) is 109 cm³/mol. The third kappa shape index (κ3) is 6.01. The van der Waals surface area contributed by atoms with Crippen molar-refractivity contribution in [2.24, 2.45) is 5.92 Å². The van der Waals surface area contributed by atoms with Crippen LogP contribution in [0.3, 0.4) is 0 Å². The number of benzene rings is 1. The number of aromatic amines is 1. The molecule has 2 N–H and O–H groups in total. The van der Waals surface area contributed by atoms with E-state index in [9.17, 15) is 14.4 Å². The summed E-state index contributed by atoms with van der Waals surface area (Å²) in [5, 5.41) is 2.80. The summed E-state index contributed by atoms with van der Waals surface area (Å²) in [6.07, 6.45) is 9.72. The Labute approximate surface area is 170 Å². The zero-order valence-electron chi connectivity index (χ0n) is 16.5. The van der Waals surface area contributed by atoms with Crippen LogP contribution in [0.4, 0.5) is 0 Å². The Hall–Kier alpha value is -2.96. The molecule has 0 saturated heterocycles. The maximum absolute atomic E-state index is 13.0. The second-order valence-corrected chi connectivity index (χ2v) is 7.64. The zero-order chi connectivity index (χ0) is 20.5. The van der Waals surface area contributed by atoms with E-state index in [1.807, 2.05) is 30.3 Å². The molecule has 1 aliphatic rings. The smallest absolute Gasteiger partial charge is 0.289 e. The highest BCUT2D eigenvalue weighted by Gasteiger charge is 2.31. The molecule has 0 bridgehead atoms. The third-order valence-electron chi connectivity index (χ3n) is 5.51. The van der Waals surface area contributed by atoms with Gasteiger partial charge in [-0.15, -0.1) is 0 Å². The first kappa shape index (κ1) is 20.8. The molecular formula is C22H28N4O3. The molecule has 2 amide bonds. The summed E-state index contributed by atoms with van der Waals surface area (Å²) in [5.74, 6) is -0.795. The van der Waals surface area contributed by atoms with Crippen LogP contribution in [0.15, 0.2) is 42.9 Å². The Morgan fingerprint density at radius 2 is 1.97 bits per heavy atom. The maximum Gasteiger partial charge on any atom is 0.289 e. The van der Waals surface area contributed by atoms with Crippen LogP contribution in [0.1, 0.15) is 43.4 Å². The molecule has 7 heteroatoms. The minimum Gasteiger partial charge on any atom is -0.349 e. The lowest BCUT2D eigenvalue weighted by molar-refractivity contribution is -0.143. The van der Waals surface area contributed by atoms with Crippen LogP contribution in [0, 0.1) is 5.92 Å². The summed E-state index contributed by atoms with van der Waals surface area (Å²) in [7, 11) is 0. The fourth-order valence-corrected chi connectivity index (χ4v) is 3.85. The Bertz CT molecular complexity index is 786. The van der Waals surface area contributed by atoms with Crippen molar-refractivity contribution in [2.45, 2.75) is 51.1 Å². The molecule has 7 nitrogen and oxygen atoms in total. The lowest BCUT2D eigenvalue weighted by Crippen LogP contribution is -2.49. The highest BCUT2D eigenvalue weighted by Crippen LogP contribution is 2.22. The quantitative estimate of drug-likeness (QED) is 0.476. The normalized spacial score (nSPS) is 15.4. The van der Waals surface area contributed by atoms with Crippen molar-refractivity contribution in [3.05, 3.63) is 54.1 Å². The highest BCUT2D eigenvalue weighted by molar-refractivity contribution is 6.38. The van der Waals surface area contributed by atoms with Crippen molar-refractivity contribution in [2.75, 3.05) is 6.54 Å². The van der Waals surface area contributed by atoms with E-state index in [1.165, 1.54) is 30.5 Å². The number of rotatable bonds is 10. The molecule has 0 radical (unpaired) electrons. The second kappa shape index (κ2) is 10.5. The molecule has 0 unspecified atom stereocenters. The first-order valence-electron chi connectivity index (χ1n) is 10.2. The summed E-state index contributed by atoms with van der Waals surface area (Å²) < 4.78 is 0. The summed E-state index contributed by atoms with van der Waals surface area (Å²) in [5.41, 5.74) is 1.59. The van der Waals surface area contributed by atoms with Gasteiger partial charge in [0.1, 0.15) is 6.04 Å². The predicted octanol–water partition coefficient (Wildman–Crippen LogP) is 2.24. The fraction of sp³-hybridized carbons (Fsp3) is 0.455. The van der Waals surface area contributed by atoms with E-state index in [1.54, 1.807) is 6.20 Å². The number of carbonyl (C=O) groups is 3. The number of carbonyl (C=O) groups excluding carboxylic acids is 3. The van der Waals surface area contributed by atoms with Crippen molar-refractivity contribution in [3.8, 4) is 0 Å². The van der Waals surface area contributed by atoms with Crippen molar-refractivity contribution >= 4 is 18.1 Å². The number of aromatic nitrogens is 2. The van der Waals surface area contributed by atoms with Gasteiger partial charge in [-0.05, 0) is 24.3 Å². The minimum absolute atomic E-state index is 0.210. The molecule has 1 fully saturated rings. The number of nitrogens with zero attached hydrogens (tertiary/aromatic N) is 2. The van der Waals surface area contributed by atoms with Gasteiger partial charge in [-0.2, -0.15) is 0 Å². The van der Waals surface area contributed by atoms with E-state index in [4.69, 9.17) is 0 Å². The van der Waals surface area contributed by atoms with Gasteiger partial charge in [-0.3, -0.25) is 14.4 Å². The number of hydrogen-bond acceptors (Lipinski definition) is 4. The molecule has 3 rings (SSSR count). The third-order valence-corrected chi connectivity index (χ3v) is 5.51. The molecule has 154 valence electrons. The van der Waals surface area contributed by atoms with Crippen LogP contribution >= 0.6 is 0 Å². The molecule has 0 spiro atoms. The Morgan fingerprint density at radius 1 is 1.21 bits per heavy atom. The number of amides is 2. The Morgan fingerprint density at radius 3 is 2.62 bits per heavy atom. The molecule has 29 heavy (non-hydrogen) atoms. The van der Waals surface area contributed by atoms with Gasteiger partial charge >= 0.3 is 0 Å². The van der Waals surface area contributed by atoms with E-state index in [0.29, 0.717) is 24.6 Å². The lowest BCUT2D eigenvalue weighted by atomic mass is 9.89. The van der Waals surface area contributed by atoms with E-state index in [0.717, 1.165) is 18.4 Å². The van der Waals surface area contributed by atoms with Crippen LogP contribution in [0.5, 0.6) is 0 Å². The molecule has 1 aliphatic carbocycles. The van der Waals surface area contributed by atoms with Gasteiger partial charge < -0.3 is 15.2 Å². The van der Waals surface area contributed by atoms with Gasteiger partial charge in [0.25, 0.3) is 5.91 Å². The second-order valence-electron chi connectivity index (χ2n) is 7.64. The monoisotopic (exact) mass is 396 g/mol. The summed E-state index contributed by atoms with van der Waals surface area (Å²) in [4.78, 5) is 45.7. The minimum atomic E-state index is -0.889. The van der Waals surface area contributed by atoms with Crippen LogP contribution in [0.2, 0.25) is 0 Å². The van der Waals surface area contributed by atoms with Gasteiger partial charge in [-0.25, -0.2) is 4.98 Å². The molecule has 2 aromatic rings. The van der Waals surface area contributed by atoms with Crippen molar-refractivity contribution in [3.63, 3.8) is 0 Å². The van der Waals surface area contributed by atoms with Crippen LogP contribution in [-0.4, -0.2) is 45.6 Å². The molecule has 0 aliphatic heterocycles. The maximum atomic E-state index is 13.0. The summed E-state index contributed by atoms with van der Waals surface area (Å²) >= 11 is 0. The molecule has 1 aromatic heterocycles. The Balaban J connectivity index is 1.69. The topological polar surface area (TPSA) is 95.2 Å². The molecule has 1 heterocycles. The number of ketones is 1. The largest absolute Gasteiger partial charge is 0.349 e. The molecular weight excluding hydrogens is 368 g/mol. The van der Waals surface area contributed by atoms with Crippen LogP contribution in [0.25, 0.3) is 0 Å². The first-order valence-corrected chi connectivity index (χ1v) is 10.2. The summed E-state index contributed by atoms with van der Waals surface area (Å²) in [6, 6.07) is 8.52. The first-order chi connectivity index (χ1) is 14.2. The van der Waals surface area contributed by atoms with Gasteiger partial charge in [0.05, 0.1) is 6.33 Å². The number of Topliss-reactive ketones (excluding diaryl/α,β-unsaturated/α-hetero) is 1. The van der Waals surface area contributed by atoms with E-state index in [-0.39, 0.29) is 13.0 Å². The number of imidazole rings is 1. The van der Waals surface area contributed by atoms with Gasteiger partial charge in [0.2, 0.25) is 12.2 Å².